The Bertz CT molecular complexity index is 476. The summed E-state index contributed by atoms with van der Waals surface area (Å²) in [5.41, 5.74) is 1.96. The summed E-state index contributed by atoms with van der Waals surface area (Å²) in [4.78, 5) is 2.35. The highest BCUT2D eigenvalue weighted by atomic mass is 16.3. The molecule has 1 aromatic rings. The van der Waals surface area contributed by atoms with Crippen LogP contribution in [0.15, 0.2) is 24.3 Å². The Labute approximate surface area is 115 Å². The standard InChI is InChI=1S/C16H22N2O/c1-16(2)9-15(19)7-8-18(12-16)11-14-6-4-3-5-13(14)10-17/h3-6,15,19H,7-9,11-12H2,1-2H3. The smallest absolute Gasteiger partial charge is 0.0995 e. The van der Waals surface area contributed by atoms with Gasteiger partial charge in [0.2, 0.25) is 0 Å². The van der Waals surface area contributed by atoms with E-state index in [2.05, 4.69) is 24.8 Å². The number of hydrogen-bond acceptors (Lipinski definition) is 3. The predicted molar refractivity (Wildman–Crippen MR) is 75.5 cm³/mol. The summed E-state index contributed by atoms with van der Waals surface area (Å²) in [6.07, 6.45) is 1.47. The topological polar surface area (TPSA) is 47.3 Å². The van der Waals surface area contributed by atoms with Gasteiger partial charge in [-0.15, -0.1) is 0 Å². The van der Waals surface area contributed by atoms with Crippen LogP contribution in [0.1, 0.15) is 37.8 Å². The average molecular weight is 258 g/mol. The number of nitriles is 1. The summed E-state index contributed by atoms with van der Waals surface area (Å²) in [5, 5.41) is 19.1. The van der Waals surface area contributed by atoms with Gasteiger partial charge in [-0.2, -0.15) is 5.26 Å². The van der Waals surface area contributed by atoms with Crippen LogP contribution in [-0.2, 0) is 6.54 Å². The van der Waals surface area contributed by atoms with Crippen LogP contribution in [-0.4, -0.2) is 29.2 Å². The van der Waals surface area contributed by atoms with Crippen molar-refractivity contribution >= 4 is 0 Å². The van der Waals surface area contributed by atoms with Gasteiger partial charge in [-0.1, -0.05) is 32.0 Å². The van der Waals surface area contributed by atoms with Gasteiger partial charge in [-0.3, -0.25) is 4.90 Å². The number of aliphatic hydroxyl groups excluding tert-OH is 1. The molecule has 1 atom stereocenters. The first-order valence-electron chi connectivity index (χ1n) is 6.88. The molecule has 1 saturated heterocycles. The van der Waals surface area contributed by atoms with E-state index in [0.717, 1.165) is 43.6 Å². The molecule has 1 aliphatic rings. The maximum absolute atomic E-state index is 9.93. The Morgan fingerprint density at radius 2 is 2.16 bits per heavy atom. The minimum atomic E-state index is -0.203. The number of rotatable bonds is 2. The second-order valence-corrected chi connectivity index (χ2v) is 6.29. The molecule has 1 N–H and O–H groups in total. The molecule has 19 heavy (non-hydrogen) atoms. The van der Waals surface area contributed by atoms with E-state index in [1.807, 2.05) is 24.3 Å². The maximum Gasteiger partial charge on any atom is 0.0995 e. The highest BCUT2D eigenvalue weighted by molar-refractivity contribution is 5.37. The minimum Gasteiger partial charge on any atom is -0.393 e. The molecule has 0 aliphatic carbocycles. The van der Waals surface area contributed by atoms with Gasteiger partial charge in [0, 0.05) is 19.6 Å². The van der Waals surface area contributed by atoms with Gasteiger partial charge in [0.05, 0.1) is 17.7 Å². The number of nitrogens with zero attached hydrogens (tertiary/aromatic N) is 2. The predicted octanol–water partition coefficient (Wildman–Crippen LogP) is 2.54. The molecule has 1 unspecified atom stereocenters. The van der Waals surface area contributed by atoms with E-state index in [9.17, 15) is 5.11 Å². The van der Waals surface area contributed by atoms with E-state index >= 15 is 0 Å². The van der Waals surface area contributed by atoms with Crippen LogP contribution in [0.2, 0.25) is 0 Å². The Kier molecular flexibility index (Phi) is 4.24. The van der Waals surface area contributed by atoms with Crippen molar-refractivity contribution in [1.29, 1.82) is 5.26 Å². The number of aliphatic hydroxyl groups is 1. The lowest BCUT2D eigenvalue weighted by Crippen LogP contribution is -2.32. The minimum absolute atomic E-state index is 0.123. The third kappa shape index (κ3) is 3.79. The fourth-order valence-corrected chi connectivity index (χ4v) is 2.96. The lowest BCUT2D eigenvalue weighted by Gasteiger charge is -2.29. The van der Waals surface area contributed by atoms with Crippen molar-refractivity contribution in [3.8, 4) is 6.07 Å². The Morgan fingerprint density at radius 1 is 1.42 bits per heavy atom. The Balaban J connectivity index is 2.12. The number of benzene rings is 1. The number of hydrogen-bond donors (Lipinski definition) is 1. The zero-order valence-electron chi connectivity index (χ0n) is 11.8. The average Bonchev–Trinajstić information content (AvgIpc) is 2.47. The molecule has 0 spiro atoms. The summed E-state index contributed by atoms with van der Waals surface area (Å²) in [6.45, 7) is 7.05. The molecule has 1 heterocycles. The van der Waals surface area contributed by atoms with Crippen LogP contribution in [0.3, 0.4) is 0 Å². The highest BCUT2D eigenvalue weighted by Gasteiger charge is 2.29. The molecule has 1 aliphatic heterocycles. The molecule has 102 valence electrons. The molecule has 0 saturated carbocycles. The van der Waals surface area contributed by atoms with Gasteiger partial charge in [0.15, 0.2) is 0 Å². The molecule has 1 fully saturated rings. The van der Waals surface area contributed by atoms with Gasteiger partial charge in [-0.25, -0.2) is 0 Å². The van der Waals surface area contributed by atoms with Crippen molar-refractivity contribution in [3.63, 3.8) is 0 Å². The van der Waals surface area contributed by atoms with Crippen LogP contribution in [0.25, 0.3) is 0 Å². The van der Waals surface area contributed by atoms with Crippen LogP contribution in [0, 0.1) is 16.7 Å². The van der Waals surface area contributed by atoms with E-state index in [1.165, 1.54) is 0 Å². The second kappa shape index (κ2) is 5.73. The maximum atomic E-state index is 9.93. The van der Waals surface area contributed by atoms with Gasteiger partial charge in [0.1, 0.15) is 0 Å². The first kappa shape index (κ1) is 14.0. The van der Waals surface area contributed by atoms with Gasteiger partial charge in [-0.05, 0) is 29.9 Å². The largest absolute Gasteiger partial charge is 0.393 e. The Morgan fingerprint density at radius 3 is 2.89 bits per heavy atom. The molecular weight excluding hydrogens is 236 g/mol. The molecule has 0 radical (unpaired) electrons. The lowest BCUT2D eigenvalue weighted by atomic mass is 9.87. The van der Waals surface area contributed by atoms with Crippen LogP contribution in [0.4, 0.5) is 0 Å². The summed E-state index contributed by atoms with van der Waals surface area (Å²) >= 11 is 0. The van der Waals surface area contributed by atoms with Crippen molar-refractivity contribution in [2.75, 3.05) is 13.1 Å². The van der Waals surface area contributed by atoms with E-state index in [4.69, 9.17) is 5.26 Å². The quantitative estimate of drug-likeness (QED) is 0.886. The molecule has 0 bridgehead atoms. The second-order valence-electron chi connectivity index (χ2n) is 6.29. The molecule has 1 aromatic carbocycles. The summed E-state index contributed by atoms with van der Waals surface area (Å²) < 4.78 is 0. The van der Waals surface area contributed by atoms with E-state index in [0.29, 0.717) is 0 Å². The lowest BCUT2D eigenvalue weighted by molar-refractivity contribution is 0.121. The zero-order valence-corrected chi connectivity index (χ0v) is 11.8. The Hall–Kier alpha value is -1.37. The van der Waals surface area contributed by atoms with Crippen LogP contribution in [0.5, 0.6) is 0 Å². The summed E-state index contributed by atoms with van der Waals surface area (Å²) in [7, 11) is 0. The van der Waals surface area contributed by atoms with Gasteiger partial charge < -0.3 is 5.11 Å². The van der Waals surface area contributed by atoms with Crippen molar-refractivity contribution in [3.05, 3.63) is 35.4 Å². The fourth-order valence-electron chi connectivity index (χ4n) is 2.96. The number of likely N-dealkylation sites (tertiary alicyclic amines) is 1. The zero-order chi connectivity index (χ0) is 13.9. The van der Waals surface area contributed by atoms with E-state index < -0.39 is 0 Å². The molecular formula is C16H22N2O. The van der Waals surface area contributed by atoms with Gasteiger partial charge >= 0.3 is 0 Å². The SMILES string of the molecule is CC1(C)CC(O)CCN(Cc2ccccc2C#N)C1. The fraction of sp³-hybridized carbons (Fsp3) is 0.562. The first-order chi connectivity index (χ1) is 9.00. The van der Waals surface area contributed by atoms with Crippen molar-refractivity contribution in [1.82, 2.24) is 4.90 Å². The van der Waals surface area contributed by atoms with Crippen LogP contribution < -0.4 is 0 Å². The summed E-state index contributed by atoms with van der Waals surface area (Å²) in [5.74, 6) is 0. The third-order valence-electron chi connectivity index (χ3n) is 3.75. The van der Waals surface area contributed by atoms with E-state index in [1.54, 1.807) is 0 Å². The van der Waals surface area contributed by atoms with Crippen molar-refractivity contribution in [2.24, 2.45) is 5.41 Å². The molecule has 0 aromatic heterocycles. The van der Waals surface area contributed by atoms with Gasteiger partial charge in [0.25, 0.3) is 0 Å². The van der Waals surface area contributed by atoms with Crippen molar-refractivity contribution < 1.29 is 5.11 Å². The highest BCUT2D eigenvalue weighted by Crippen LogP contribution is 2.29. The molecule has 2 rings (SSSR count). The molecule has 3 nitrogen and oxygen atoms in total. The molecule has 3 heteroatoms. The molecule has 0 amide bonds. The summed E-state index contributed by atoms with van der Waals surface area (Å²) in [6, 6.07) is 10.0. The third-order valence-corrected chi connectivity index (χ3v) is 3.75. The van der Waals surface area contributed by atoms with E-state index in [-0.39, 0.29) is 11.5 Å². The van der Waals surface area contributed by atoms with Crippen LogP contribution >= 0.6 is 0 Å². The first-order valence-corrected chi connectivity index (χ1v) is 6.88. The normalized spacial score (nSPS) is 23.6. The monoisotopic (exact) mass is 258 g/mol. The van der Waals surface area contributed by atoms with Crippen molar-refractivity contribution in [2.45, 2.75) is 39.3 Å².